The number of hydrogen-bond acceptors (Lipinski definition) is 0. The summed E-state index contributed by atoms with van der Waals surface area (Å²) in [5.41, 5.74) is 0. The SMILES string of the molecule is C[NH+](C)CC[NH+](CC[NH+](C)C)CC[NH+](C)C.C[Si](C)(C)[N-][Si](C)(C)C.C[Si](C)(C)[N-][Si](C)(C)C.C[Si](C)(C)[N-][Si](C)(C)C.C[Si](C)(C)[N-][Si](C)(C)C.C[Si](C)(C)[N-][Si](C)(C)C.[Cl-].[Na+].[Na+].[Na+].[Na+].[Na+].[Na+]. The molecule has 0 fully saturated rings. The second-order valence-electron chi connectivity index (χ2n) is 28.1. The van der Waals surface area contributed by atoms with Crippen LogP contribution in [-0.4, -0.2) is 164 Å². The second-order valence-corrected chi connectivity index (χ2v) is 76.0. The molecule has 0 unspecified atom stereocenters. The van der Waals surface area contributed by atoms with Crippen LogP contribution in [0.2, 0.25) is 196 Å². The fourth-order valence-electron chi connectivity index (χ4n) is 6.69. The van der Waals surface area contributed by atoms with Crippen LogP contribution in [0.1, 0.15) is 0 Å². The molecule has 0 aliphatic rings. The first kappa shape index (κ1) is 108. The van der Waals surface area contributed by atoms with E-state index in [0.29, 0.717) is 0 Å². The third-order valence-corrected chi connectivity index (χ3v) is 33.1. The molecule has 0 aliphatic heterocycles. The molecule has 68 heavy (non-hydrogen) atoms. The normalized spacial score (nSPS) is 12.2. The van der Waals surface area contributed by atoms with Crippen molar-refractivity contribution >= 4 is 82.4 Å². The molecule has 0 amide bonds. The van der Waals surface area contributed by atoms with Gasteiger partial charge in [-0.05, 0) is 0 Å². The quantitative estimate of drug-likeness (QED) is 0.0929. The molecule has 9 nitrogen and oxygen atoms in total. The molecule has 0 heterocycles. The van der Waals surface area contributed by atoms with Crippen LogP contribution in [-0.2, 0) is 0 Å². The zero-order valence-corrected chi connectivity index (χ0v) is 78.6. The van der Waals surface area contributed by atoms with Crippen molar-refractivity contribution in [3.8, 4) is 0 Å². The van der Waals surface area contributed by atoms with Crippen molar-refractivity contribution in [2.45, 2.75) is 196 Å². The average Bonchev–Trinajstić information content (AvgIpc) is 2.78. The molecule has 0 radical (unpaired) electrons. The predicted molar refractivity (Wildman–Crippen MR) is 319 cm³/mol. The Morgan fingerprint density at radius 3 is 0.338 bits per heavy atom. The molecule has 0 aromatic rings. The number of nitrogens with zero attached hydrogens (tertiary/aromatic N) is 5. The van der Waals surface area contributed by atoms with Crippen LogP contribution in [0.25, 0.3) is 23.2 Å². The van der Waals surface area contributed by atoms with Gasteiger partial charge in [0.1, 0.15) is 39.3 Å². The van der Waals surface area contributed by atoms with Gasteiger partial charge in [0.15, 0.2) is 0 Å². The molecule has 0 saturated heterocycles. The summed E-state index contributed by atoms with van der Waals surface area (Å²) in [5, 5.41) is 0. The molecule has 0 spiro atoms. The number of nitrogens with one attached hydrogen (secondary N) is 4. The first-order valence-electron chi connectivity index (χ1n) is 23.9. The Morgan fingerprint density at radius 2 is 0.294 bits per heavy atom. The van der Waals surface area contributed by atoms with Crippen LogP contribution in [0.4, 0.5) is 0 Å². The summed E-state index contributed by atoms with van der Waals surface area (Å²) >= 11 is 0. The number of rotatable bonds is 19. The summed E-state index contributed by atoms with van der Waals surface area (Å²) in [7, 11) is 2.39. The van der Waals surface area contributed by atoms with E-state index in [0.717, 1.165) is 0 Å². The Labute approximate surface area is 583 Å². The van der Waals surface area contributed by atoms with Gasteiger partial charge < -0.3 is 55.2 Å². The van der Waals surface area contributed by atoms with E-state index in [4.69, 9.17) is 23.2 Å². The average molecular weight is 1210 g/mol. The Kier molecular flexibility index (Phi) is 78.8. The van der Waals surface area contributed by atoms with E-state index in [9.17, 15) is 0 Å². The van der Waals surface area contributed by atoms with Crippen molar-refractivity contribution in [1.82, 2.24) is 0 Å². The molecule has 4 N–H and O–H groups in total. The van der Waals surface area contributed by atoms with Gasteiger partial charge in [-0.1, -0.05) is 279 Å². The van der Waals surface area contributed by atoms with Crippen molar-refractivity contribution in [2.75, 3.05) is 81.6 Å². The predicted octanol–water partition coefficient (Wildman–Crippen LogP) is -11.5. The van der Waals surface area contributed by atoms with Gasteiger partial charge in [-0.2, -0.15) is 0 Å². The van der Waals surface area contributed by atoms with Crippen LogP contribution in [0, 0.1) is 0 Å². The van der Waals surface area contributed by atoms with Gasteiger partial charge in [0.2, 0.25) is 0 Å². The smallest absolute Gasteiger partial charge is 1.00 e. The van der Waals surface area contributed by atoms with E-state index in [1.807, 2.05) is 0 Å². The van der Waals surface area contributed by atoms with Crippen LogP contribution in [0.5, 0.6) is 0 Å². The summed E-state index contributed by atoms with van der Waals surface area (Å²) < 4.78 is 24.1. The topological polar surface area (TPSA) is 88.3 Å². The Morgan fingerprint density at radius 1 is 0.206 bits per heavy atom. The molecular weight excluding hydrogens is 1080 g/mol. The fourth-order valence-corrected chi connectivity index (χ4v) is 46.9. The van der Waals surface area contributed by atoms with E-state index >= 15 is 0 Å². The van der Waals surface area contributed by atoms with E-state index in [1.54, 1.807) is 19.6 Å². The number of likely N-dealkylation sites (N-methyl/N-ethyl adjacent to an activating group) is 3. The summed E-state index contributed by atoms with van der Waals surface area (Å²) in [6.07, 6.45) is 0. The third-order valence-electron chi connectivity index (χ3n) is 6.29. The van der Waals surface area contributed by atoms with E-state index < -0.39 is 82.4 Å². The molecule has 26 heteroatoms. The Balaban J connectivity index is -0.0000000483. The molecule has 0 rings (SSSR count). The zero-order chi connectivity index (χ0) is 51.1. The van der Waals surface area contributed by atoms with Crippen LogP contribution in [0.3, 0.4) is 0 Å². The molecule has 0 bridgehead atoms. The van der Waals surface area contributed by atoms with Gasteiger partial charge in [0, 0.05) is 0 Å². The van der Waals surface area contributed by atoms with Gasteiger partial charge in [-0.25, -0.2) is 0 Å². The number of hydrogen-bond donors (Lipinski definition) is 4. The summed E-state index contributed by atoms with van der Waals surface area (Å²) in [6.45, 7) is 76.7. The minimum atomic E-state index is -1.11. The van der Waals surface area contributed by atoms with Gasteiger partial charge in [-0.3, -0.25) is 0 Å². The standard InChI is InChI=1S/C12H30N4.5C6H18NSi2.ClH.6Na/c1-13(2)7-10-16(11-8-14(3)4)12-9-15(5)6;5*1-8(2,3)7-9(4,5)6;;;;;;;/h7-12H2,1-6H3;5*1-6H3;1H;;;;;;/q;5*-1;;6*+1/p+3. The maximum Gasteiger partial charge on any atom is 1.00 e. The fraction of sp³-hybridized carbons (Fsp3) is 1.00. The third kappa shape index (κ3) is 140. The number of halogens is 1. The summed E-state index contributed by atoms with van der Waals surface area (Å²) in [6, 6.07) is 0. The van der Waals surface area contributed by atoms with Crippen molar-refractivity contribution in [2.24, 2.45) is 0 Å². The number of quaternary nitrogens is 4. The molecule has 0 aliphatic carbocycles. The van der Waals surface area contributed by atoms with Crippen LogP contribution < -0.4 is 209 Å². The molecular formula is C42H124ClN9Na6Si10+4. The second kappa shape index (κ2) is 49.7. The monoisotopic (exact) mass is 1210 g/mol. The van der Waals surface area contributed by atoms with Crippen molar-refractivity contribution in [3.05, 3.63) is 23.2 Å². The molecule has 0 saturated carbocycles. The van der Waals surface area contributed by atoms with Gasteiger partial charge in [-0.15, -0.1) is 0 Å². The Hall–Kier alpha value is 8.10. The molecule has 0 aromatic carbocycles. The maximum atomic E-state index is 4.82. The minimum absolute atomic E-state index is 0. The van der Waals surface area contributed by atoms with Crippen molar-refractivity contribution in [1.29, 1.82) is 0 Å². The van der Waals surface area contributed by atoms with Crippen molar-refractivity contribution in [3.63, 3.8) is 0 Å². The summed E-state index contributed by atoms with van der Waals surface area (Å²) in [4.78, 5) is 6.45. The minimum Gasteiger partial charge on any atom is -1.00 e. The first-order valence-corrected chi connectivity index (χ1v) is 58.3. The van der Waals surface area contributed by atoms with Gasteiger partial charge in [0.25, 0.3) is 0 Å². The molecule has 0 aromatic heterocycles. The van der Waals surface area contributed by atoms with E-state index in [2.05, 4.69) is 239 Å². The van der Waals surface area contributed by atoms with Crippen LogP contribution >= 0.6 is 0 Å². The zero-order valence-electron chi connectivity index (χ0n) is 55.9. The largest absolute Gasteiger partial charge is 1.00 e. The van der Waals surface area contributed by atoms with Crippen molar-refractivity contribution < 1.29 is 209 Å². The van der Waals surface area contributed by atoms with Crippen LogP contribution in [0.15, 0.2) is 0 Å². The van der Waals surface area contributed by atoms with Gasteiger partial charge >= 0.3 is 177 Å². The first-order chi connectivity index (χ1) is 25.9. The maximum absolute atomic E-state index is 4.82. The van der Waals surface area contributed by atoms with E-state index in [1.165, 1.54) is 39.3 Å². The van der Waals surface area contributed by atoms with Gasteiger partial charge in [0.05, 0.1) is 42.3 Å². The van der Waals surface area contributed by atoms with E-state index in [-0.39, 0.29) is 190 Å². The Bertz CT molecular complexity index is 828. The summed E-state index contributed by atoms with van der Waals surface area (Å²) in [5.74, 6) is 0. The molecule has 386 valence electrons. The molecule has 0 atom stereocenters.